The number of hydrogen-bond acceptors (Lipinski definition) is 5. The molecule has 2 aromatic heterocycles. The number of likely N-dealkylation sites (tertiary alicyclic amines) is 1. The Bertz CT molecular complexity index is 962. The summed E-state index contributed by atoms with van der Waals surface area (Å²) in [5.41, 5.74) is 3.30. The first kappa shape index (κ1) is 19.5. The van der Waals surface area contributed by atoms with Crippen molar-refractivity contribution in [2.75, 3.05) is 19.6 Å². The summed E-state index contributed by atoms with van der Waals surface area (Å²) in [6.07, 6.45) is 5.24. The minimum Gasteiger partial charge on any atom is -0.349 e. The van der Waals surface area contributed by atoms with Crippen LogP contribution in [0, 0.1) is 0 Å². The molecule has 3 heterocycles. The zero-order valence-corrected chi connectivity index (χ0v) is 17.1. The second-order valence-corrected chi connectivity index (χ2v) is 7.97. The number of amides is 1. The summed E-state index contributed by atoms with van der Waals surface area (Å²) in [6.45, 7) is 6.85. The molecule has 1 aliphatic heterocycles. The van der Waals surface area contributed by atoms with Gasteiger partial charge in [-0.15, -0.1) is 10.2 Å². The van der Waals surface area contributed by atoms with Gasteiger partial charge in [-0.3, -0.25) is 9.69 Å². The number of carbonyl (C=O) groups is 1. The van der Waals surface area contributed by atoms with Crippen LogP contribution in [-0.4, -0.2) is 50.3 Å². The molecule has 0 spiro atoms. The van der Waals surface area contributed by atoms with Gasteiger partial charge in [0, 0.05) is 12.1 Å². The van der Waals surface area contributed by atoms with Crippen LogP contribution in [0.3, 0.4) is 0 Å². The van der Waals surface area contributed by atoms with Gasteiger partial charge in [0.15, 0.2) is 5.65 Å². The number of piperidine rings is 1. The summed E-state index contributed by atoms with van der Waals surface area (Å²) in [6, 6.07) is 12.4. The van der Waals surface area contributed by atoms with Crippen molar-refractivity contribution in [1.29, 1.82) is 0 Å². The van der Waals surface area contributed by atoms with Crippen molar-refractivity contribution in [3.63, 3.8) is 0 Å². The number of aromatic nitrogens is 4. The number of rotatable bonds is 6. The fourth-order valence-corrected chi connectivity index (χ4v) is 4.03. The molecule has 4 rings (SSSR count). The van der Waals surface area contributed by atoms with Crippen molar-refractivity contribution >= 4 is 11.6 Å². The van der Waals surface area contributed by atoms with Gasteiger partial charge in [0.25, 0.3) is 5.91 Å². The van der Waals surface area contributed by atoms with Crippen LogP contribution >= 0.6 is 0 Å². The summed E-state index contributed by atoms with van der Waals surface area (Å²) in [4.78, 5) is 15.4. The third-order valence-electron chi connectivity index (χ3n) is 5.62. The fraction of sp³-hybridized carbons (Fsp3) is 0.455. The van der Waals surface area contributed by atoms with Gasteiger partial charge < -0.3 is 5.32 Å². The Hall–Kier alpha value is -2.80. The topological polar surface area (TPSA) is 75.4 Å². The van der Waals surface area contributed by atoms with Gasteiger partial charge in [-0.1, -0.05) is 50.6 Å². The summed E-state index contributed by atoms with van der Waals surface area (Å²) in [5.74, 6) is 0.0575. The predicted molar refractivity (Wildman–Crippen MR) is 112 cm³/mol. The number of nitrogens with one attached hydrogen (secondary N) is 1. The van der Waals surface area contributed by atoms with Crippen LogP contribution in [0.5, 0.6) is 0 Å². The number of hydrogen-bond donors (Lipinski definition) is 1. The van der Waals surface area contributed by atoms with E-state index in [4.69, 9.17) is 0 Å². The standard InChI is InChI=1S/C22H28N6O/c1-16(2)18-13-19(26-28-15-24-25-21(18)28)22(29)23-14-20(17-9-5-3-6-10-17)27-11-7-4-8-12-27/h3,5-6,9-10,13,15-16,20H,4,7-8,11-12,14H2,1-2H3,(H,23,29)/t20-/m0/s1. The summed E-state index contributed by atoms with van der Waals surface area (Å²) in [7, 11) is 0. The molecular formula is C22H28N6O. The quantitative estimate of drug-likeness (QED) is 0.697. The van der Waals surface area contributed by atoms with E-state index in [-0.39, 0.29) is 17.9 Å². The Morgan fingerprint density at radius 1 is 1.14 bits per heavy atom. The molecule has 1 saturated heterocycles. The molecule has 1 fully saturated rings. The monoisotopic (exact) mass is 392 g/mol. The average Bonchev–Trinajstić information content (AvgIpc) is 3.23. The highest BCUT2D eigenvalue weighted by Crippen LogP contribution is 2.24. The second-order valence-electron chi connectivity index (χ2n) is 7.97. The van der Waals surface area contributed by atoms with E-state index in [9.17, 15) is 4.79 Å². The van der Waals surface area contributed by atoms with Crippen LogP contribution in [0.4, 0.5) is 0 Å². The molecular weight excluding hydrogens is 364 g/mol. The lowest BCUT2D eigenvalue weighted by molar-refractivity contribution is 0.0918. The van der Waals surface area contributed by atoms with Crippen molar-refractivity contribution < 1.29 is 4.79 Å². The summed E-state index contributed by atoms with van der Waals surface area (Å²) in [5, 5.41) is 15.6. The first-order valence-corrected chi connectivity index (χ1v) is 10.4. The van der Waals surface area contributed by atoms with Crippen molar-refractivity contribution in [1.82, 2.24) is 30.0 Å². The van der Waals surface area contributed by atoms with Crippen molar-refractivity contribution in [3.05, 3.63) is 59.5 Å². The van der Waals surface area contributed by atoms with Crippen molar-refractivity contribution in [3.8, 4) is 0 Å². The van der Waals surface area contributed by atoms with E-state index >= 15 is 0 Å². The number of fused-ring (bicyclic) bond motifs is 1. The van der Waals surface area contributed by atoms with Crippen LogP contribution in [0.15, 0.2) is 42.7 Å². The minimum atomic E-state index is -0.166. The van der Waals surface area contributed by atoms with E-state index in [1.165, 1.54) is 24.8 Å². The molecule has 7 heteroatoms. The molecule has 7 nitrogen and oxygen atoms in total. The van der Waals surface area contributed by atoms with E-state index < -0.39 is 0 Å². The number of carbonyl (C=O) groups excluding carboxylic acids is 1. The predicted octanol–water partition coefficient (Wildman–Crippen LogP) is 3.20. The number of benzene rings is 1. The molecule has 0 aliphatic carbocycles. The third kappa shape index (κ3) is 4.29. The van der Waals surface area contributed by atoms with Crippen LogP contribution < -0.4 is 5.32 Å². The first-order valence-electron chi connectivity index (χ1n) is 10.4. The number of nitrogens with zero attached hydrogens (tertiary/aromatic N) is 5. The molecule has 0 bridgehead atoms. The normalized spacial score (nSPS) is 16.2. The molecule has 29 heavy (non-hydrogen) atoms. The summed E-state index contributed by atoms with van der Waals surface area (Å²) < 4.78 is 1.59. The maximum atomic E-state index is 13.0. The van der Waals surface area contributed by atoms with Crippen molar-refractivity contribution in [2.24, 2.45) is 0 Å². The molecule has 152 valence electrons. The van der Waals surface area contributed by atoms with Crippen molar-refractivity contribution in [2.45, 2.75) is 45.1 Å². The van der Waals surface area contributed by atoms with Gasteiger partial charge in [-0.05, 0) is 43.5 Å². The van der Waals surface area contributed by atoms with Crippen LogP contribution in [0.2, 0.25) is 0 Å². The average molecular weight is 393 g/mol. The summed E-state index contributed by atoms with van der Waals surface area (Å²) >= 11 is 0. The molecule has 1 N–H and O–H groups in total. The molecule has 0 unspecified atom stereocenters. The van der Waals surface area contributed by atoms with E-state index in [0.29, 0.717) is 17.9 Å². The Labute approximate surface area is 171 Å². The highest BCUT2D eigenvalue weighted by atomic mass is 16.1. The Kier molecular flexibility index (Phi) is 5.85. The van der Waals surface area contributed by atoms with E-state index in [2.05, 4.69) is 63.6 Å². The maximum absolute atomic E-state index is 13.0. The van der Waals surface area contributed by atoms with Crippen LogP contribution in [-0.2, 0) is 0 Å². The zero-order valence-electron chi connectivity index (χ0n) is 17.1. The molecule has 1 aliphatic rings. The van der Waals surface area contributed by atoms with Gasteiger partial charge >= 0.3 is 0 Å². The maximum Gasteiger partial charge on any atom is 0.271 e. The van der Waals surface area contributed by atoms with Gasteiger partial charge in [0.1, 0.15) is 12.0 Å². The van der Waals surface area contributed by atoms with E-state index in [0.717, 1.165) is 18.7 Å². The lowest BCUT2D eigenvalue weighted by Crippen LogP contribution is -2.40. The third-order valence-corrected chi connectivity index (χ3v) is 5.62. The lowest BCUT2D eigenvalue weighted by atomic mass is 10.0. The second kappa shape index (κ2) is 8.69. The highest BCUT2D eigenvalue weighted by Gasteiger charge is 2.23. The largest absolute Gasteiger partial charge is 0.349 e. The Balaban J connectivity index is 1.54. The fourth-order valence-electron chi connectivity index (χ4n) is 4.03. The smallest absolute Gasteiger partial charge is 0.271 e. The van der Waals surface area contributed by atoms with Gasteiger partial charge in [-0.2, -0.15) is 9.61 Å². The molecule has 0 radical (unpaired) electrons. The van der Waals surface area contributed by atoms with Gasteiger partial charge in [0.05, 0.1) is 6.04 Å². The zero-order chi connectivity index (χ0) is 20.2. The molecule has 1 atom stereocenters. The Morgan fingerprint density at radius 2 is 1.90 bits per heavy atom. The molecule has 3 aromatic rings. The van der Waals surface area contributed by atoms with Gasteiger partial charge in [0.2, 0.25) is 0 Å². The minimum absolute atomic E-state index is 0.166. The molecule has 1 amide bonds. The molecule has 0 saturated carbocycles. The van der Waals surface area contributed by atoms with E-state index in [1.807, 2.05) is 12.1 Å². The Morgan fingerprint density at radius 3 is 2.62 bits per heavy atom. The van der Waals surface area contributed by atoms with Crippen LogP contribution in [0.25, 0.3) is 5.65 Å². The first-order chi connectivity index (χ1) is 14.1. The molecule has 1 aromatic carbocycles. The lowest BCUT2D eigenvalue weighted by Gasteiger charge is -2.35. The highest BCUT2D eigenvalue weighted by molar-refractivity contribution is 5.92. The van der Waals surface area contributed by atoms with Crippen LogP contribution in [0.1, 0.15) is 66.7 Å². The van der Waals surface area contributed by atoms with Gasteiger partial charge in [-0.25, -0.2) is 0 Å². The van der Waals surface area contributed by atoms with E-state index in [1.54, 1.807) is 10.8 Å². The SMILES string of the molecule is CC(C)c1cc(C(=O)NC[C@@H](c2ccccc2)N2CCCCC2)nn2cnnc12.